The van der Waals surface area contributed by atoms with Crippen LogP contribution in [0, 0.1) is 0 Å². The fourth-order valence-electron chi connectivity index (χ4n) is 1.44. The summed E-state index contributed by atoms with van der Waals surface area (Å²) in [5.41, 5.74) is 0. The van der Waals surface area contributed by atoms with Crippen LogP contribution >= 0.6 is 0 Å². The van der Waals surface area contributed by atoms with Crippen molar-refractivity contribution in [1.29, 1.82) is 0 Å². The van der Waals surface area contributed by atoms with E-state index >= 15 is 0 Å². The SMILES string of the molecule is O=C([O-])CN(CCN(CC(=O)[O-])CC(=O)[O-])CC(=O)[O-].[K+].[K+].[Pd+2]. The van der Waals surface area contributed by atoms with Crippen molar-refractivity contribution < 1.29 is 163 Å². The number of hydrogen-bond acceptors (Lipinski definition) is 10. The molecule has 0 aliphatic rings. The molecule has 0 aromatic heterocycles. The summed E-state index contributed by atoms with van der Waals surface area (Å²) in [7, 11) is 0. The van der Waals surface area contributed by atoms with Crippen LogP contribution in [0.5, 0.6) is 0 Å². The maximum atomic E-state index is 10.4. The van der Waals surface area contributed by atoms with E-state index in [0.29, 0.717) is 0 Å². The third-order valence-electron chi connectivity index (χ3n) is 2.14. The standard InChI is InChI=1S/C10H16N2O8.2K.Pd/c13-7(14)3-11(4-8(15)16)1-2-12(5-9(17)18)6-10(19)20;;;/h1-6H2,(H,13,14)(H,15,16)(H,17,18)(H,19,20);;;/q;2*+1;+2/p-4. The molecule has 0 aliphatic heterocycles. The number of carboxylic acids is 4. The van der Waals surface area contributed by atoms with Crippen molar-refractivity contribution in [1.82, 2.24) is 9.80 Å². The zero-order valence-electron chi connectivity index (χ0n) is 12.7. The molecule has 0 fully saturated rings. The van der Waals surface area contributed by atoms with Gasteiger partial charge in [-0.25, -0.2) is 0 Å². The molecule has 0 spiro atoms. The molecule has 0 aromatic rings. The number of rotatable bonds is 11. The fraction of sp³-hybridized carbons (Fsp3) is 0.600. The summed E-state index contributed by atoms with van der Waals surface area (Å²) in [5, 5.41) is 41.6. The first kappa shape index (κ1) is 32.4. The molecule has 0 unspecified atom stereocenters. The van der Waals surface area contributed by atoms with Gasteiger partial charge in [0.1, 0.15) is 0 Å². The van der Waals surface area contributed by atoms with Gasteiger partial charge in [-0.05, 0) is 0 Å². The molecular formula is C10H12K2N2O8Pd. The van der Waals surface area contributed by atoms with E-state index in [1.54, 1.807) is 0 Å². The fourth-order valence-corrected chi connectivity index (χ4v) is 1.44. The third-order valence-corrected chi connectivity index (χ3v) is 2.14. The Balaban J connectivity index is -0.000000602. The van der Waals surface area contributed by atoms with Crippen molar-refractivity contribution in [3.8, 4) is 0 Å². The molecule has 0 rings (SSSR count). The van der Waals surface area contributed by atoms with Gasteiger partial charge in [0, 0.05) is 39.3 Å². The number of carbonyl (C=O) groups is 4. The number of aliphatic carboxylic acids is 4. The number of hydrogen-bond donors (Lipinski definition) is 0. The van der Waals surface area contributed by atoms with Crippen LogP contribution < -0.4 is 123 Å². The van der Waals surface area contributed by atoms with Crippen LogP contribution in [0.2, 0.25) is 0 Å². The quantitative estimate of drug-likeness (QED) is 0.263. The van der Waals surface area contributed by atoms with Gasteiger partial charge in [-0.2, -0.15) is 0 Å². The predicted octanol–water partition coefficient (Wildman–Crippen LogP) is -13.4. The van der Waals surface area contributed by atoms with Crippen LogP contribution in [0.25, 0.3) is 0 Å². The molecule has 23 heavy (non-hydrogen) atoms. The van der Waals surface area contributed by atoms with Gasteiger partial charge in [-0.15, -0.1) is 0 Å². The van der Waals surface area contributed by atoms with E-state index < -0.39 is 50.1 Å². The topological polar surface area (TPSA) is 167 Å². The minimum Gasteiger partial charge on any atom is -0.549 e. The van der Waals surface area contributed by atoms with E-state index in [4.69, 9.17) is 0 Å². The van der Waals surface area contributed by atoms with Crippen LogP contribution in [-0.2, 0) is 39.6 Å². The summed E-state index contributed by atoms with van der Waals surface area (Å²) in [6, 6.07) is 0. The first-order valence-electron chi connectivity index (χ1n) is 5.44. The Morgan fingerprint density at radius 3 is 0.870 bits per heavy atom. The van der Waals surface area contributed by atoms with E-state index in [9.17, 15) is 39.6 Å². The summed E-state index contributed by atoms with van der Waals surface area (Å²) in [6.45, 7) is -3.25. The molecule has 0 aromatic carbocycles. The smallest absolute Gasteiger partial charge is 0.549 e. The Labute approximate surface area is 231 Å². The van der Waals surface area contributed by atoms with Crippen LogP contribution in [0.15, 0.2) is 0 Å². The van der Waals surface area contributed by atoms with Crippen molar-refractivity contribution in [2.24, 2.45) is 0 Å². The van der Waals surface area contributed by atoms with Crippen LogP contribution in [0.3, 0.4) is 0 Å². The van der Waals surface area contributed by atoms with Gasteiger partial charge in [-0.3, -0.25) is 9.80 Å². The van der Waals surface area contributed by atoms with Crippen LogP contribution in [0.1, 0.15) is 0 Å². The molecule has 0 N–H and O–H groups in total. The first-order valence-corrected chi connectivity index (χ1v) is 5.44. The van der Waals surface area contributed by atoms with Gasteiger partial charge in [0.15, 0.2) is 0 Å². The van der Waals surface area contributed by atoms with Gasteiger partial charge >= 0.3 is 123 Å². The maximum Gasteiger partial charge on any atom is 2.00 e. The van der Waals surface area contributed by atoms with E-state index in [2.05, 4.69) is 0 Å². The minimum absolute atomic E-state index is 0. The van der Waals surface area contributed by atoms with Gasteiger partial charge in [0.2, 0.25) is 0 Å². The second-order valence-electron chi connectivity index (χ2n) is 3.91. The molecule has 10 nitrogen and oxygen atoms in total. The third kappa shape index (κ3) is 21.7. The Morgan fingerprint density at radius 1 is 0.565 bits per heavy atom. The molecule has 0 amide bonds. The molecule has 13 heteroatoms. The van der Waals surface area contributed by atoms with Crippen molar-refractivity contribution in [3.63, 3.8) is 0 Å². The van der Waals surface area contributed by atoms with Crippen molar-refractivity contribution in [2.75, 3.05) is 39.3 Å². The van der Waals surface area contributed by atoms with Gasteiger partial charge in [-0.1, -0.05) is 0 Å². The zero-order chi connectivity index (χ0) is 15.7. The monoisotopic (exact) mass is 472 g/mol. The minimum atomic E-state index is -1.53. The van der Waals surface area contributed by atoms with Crippen molar-refractivity contribution in [3.05, 3.63) is 0 Å². The molecule has 0 bridgehead atoms. The zero-order valence-corrected chi connectivity index (χ0v) is 20.5. The summed E-state index contributed by atoms with van der Waals surface area (Å²) in [4.78, 5) is 43.4. The second-order valence-corrected chi connectivity index (χ2v) is 3.91. The van der Waals surface area contributed by atoms with Gasteiger partial charge in [0.25, 0.3) is 0 Å². The Hall–Kier alpha value is 1.74. The molecule has 0 atom stereocenters. The van der Waals surface area contributed by atoms with Crippen molar-refractivity contribution >= 4 is 23.9 Å². The summed E-state index contributed by atoms with van der Waals surface area (Å²) in [5.74, 6) is -6.12. The molecule has 0 radical (unpaired) electrons. The maximum absolute atomic E-state index is 10.4. The number of nitrogens with zero attached hydrogens (tertiary/aromatic N) is 2. The predicted molar refractivity (Wildman–Crippen MR) is 52.9 cm³/mol. The van der Waals surface area contributed by atoms with Crippen LogP contribution in [-0.4, -0.2) is 72.9 Å². The normalized spacial score (nSPS) is 9.30. The number of carboxylic acid groups (broad SMARTS) is 4. The van der Waals surface area contributed by atoms with E-state index in [1.807, 2.05) is 0 Å². The summed E-state index contributed by atoms with van der Waals surface area (Å²) in [6.07, 6.45) is 0. The Kier molecular flexibility index (Phi) is 26.1. The Bertz CT molecular complexity index is 331. The average molecular weight is 473 g/mol. The summed E-state index contributed by atoms with van der Waals surface area (Å²) < 4.78 is 0. The van der Waals surface area contributed by atoms with E-state index in [0.717, 1.165) is 9.80 Å². The largest absolute Gasteiger partial charge is 2.00 e. The summed E-state index contributed by atoms with van der Waals surface area (Å²) >= 11 is 0. The number of carbonyl (C=O) groups excluding carboxylic acids is 4. The molecule has 0 aliphatic carbocycles. The molecule has 122 valence electrons. The van der Waals surface area contributed by atoms with Crippen LogP contribution in [0.4, 0.5) is 0 Å². The second kappa shape index (κ2) is 18.5. The van der Waals surface area contributed by atoms with Gasteiger partial charge in [0.05, 0.1) is 23.9 Å². The molecule has 0 heterocycles. The first-order chi connectivity index (χ1) is 9.20. The van der Waals surface area contributed by atoms with Crippen molar-refractivity contribution in [2.45, 2.75) is 0 Å². The molecule has 0 saturated heterocycles. The average Bonchev–Trinajstić information content (AvgIpc) is 2.22. The van der Waals surface area contributed by atoms with Gasteiger partial charge < -0.3 is 39.6 Å². The van der Waals surface area contributed by atoms with E-state index in [1.165, 1.54) is 0 Å². The Morgan fingerprint density at radius 2 is 0.739 bits per heavy atom. The molecule has 0 saturated carbocycles. The molecular weight excluding hydrogens is 461 g/mol. The van der Waals surface area contributed by atoms with E-state index in [-0.39, 0.29) is 136 Å².